The van der Waals surface area contributed by atoms with Crippen molar-refractivity contribution in [2.45, 2.75) is 45.3 Å². The number of anilines is 1. The minimum absolute atomic E-state index is 0.200. The first-order chi connectivity index (χ1) is 12.8. The van der Waals surface area contributed by atoms with Gasteiger partial charge in [-0.15, -0.1) is 11.6 Å². The molecule has 1 amide bonds. The van der Waals surface area contributed by atoms with Crippen LogP contribution in [-0.4, -0.2) is 59.9 Å². The molecular weight excluding hydrogens is 368 g/mol. The number of rotatable bonds is 7. The van der Waals surface area contributed by atoms with Gasteiger partial charge in [-0.2, -0.15) is 0 Å². The fourth-order valence-electron chi connectivity index (χ4n) is 2.81. The molecule has 2 rings (SSSR count). The number of ether oxygens (including phenoxy) is 2. The fourth-order valence-corrected chi connectivity index (χ4v) is 2.92. The number of hydrogen-bond donors (Lipinski definition) is 2. The summed E-state index contributed by atoms with van der Waals surface area (Å²) in [7, 11) is 0. The standard InChI is InChI=1S/C20H31ClN2O4/c1-20(2,3)27-19(25)23-9-7-15(8-10-23)14-26-18-6-4-5-16(11-18)22-13-17(24)12-21/h4-6,11,15,17,22,24H,7-10,12-14H2,1-3H3. The predicted molar refractivity (Wildman–Crippen MR) is 108 cm³/mol. The first-order valence-electron chi connectivity index (χ1n) is 9.45. The van der Waals surface area contributed by atoms with Gasteiger partial charge in [-0.1, -0.05) is 6.07 Å². The highest BCUT2D eigenvalue weighted by Crippen LogP contribution is 2.23. The number of benzene rings is 1. The van der Waals surface area contributed by atoms with Crippen LogP contribution in [0.5, 0.6) is 5.75 Å². The number of halogens is 1. The van der Waals surface area contributed by atoms with Crippen LogP contribution in [0.15, 0.2) is 24.3 Å². The minimum Gasteiger partial charge on any atom is -0.493 e. The van der Waals surface area contributed by atoms with Gasteiger partial charge in [0.1, 0.15) is 11.4 Å². The second-order valence-corrected chi connectivity index (χ2v) is 8.25. The van der Waals surface area contributed by atoms with Crippen molar-refractivity contribution in [3.05, 3.63) is 24.3 Å². The van der Waals surface area contributed by atoms with Gasteiger partial charge in [0.2, 0.25) is 0 Å². The average Bonchev–Trinajstić information content (AvgIpc) is 2.63. The number of nitrogens with zero attached hydrogens (tertiary/aromatic N) is 1. The summed E-state index contributed by atoms with van der Waals surface area (Å²) in [4.78, 5) is 13.9. The number of likely N-dealkylation sites (tertiary alicyclic amines) is 1. The number of aliphatic hydroxyl groups excluding tert-OH is 1. The molecule has 1 fully saturated rings. The Balaban J connectivity index is 1.74. The highest BCUT2D eigenvalue weighted by Gasteiger charge is 2.27. The summed E-state index contributed by atoms with van der Waals surface area (Å²) in [6.45, 7) is 8.05. The van der Waals surface area contributed by atoms with Gasteiger partial charge in [0.05, 0.1) is 18.6 Å². The molecule has 27 heavy (non-hydrogen) atoms. The van der Waals surface area contributed by atoms with Gasteiger partial charge >= 0.3 is 6.09 Å². The van der Waals surface area contributed by atoms with Crippen molar-refractivity contribution < 1.29 is 19.4 Å². The van der Waals surface area contributed by atoms with E-state index in [0.29, 0.717) is 32.2 Å². The summed E-state index contributed by atoms with van der Waals surface area (Å²) in [6.07, 6.45) is 0.990. The molecule has 1 aromatic rings. The van der Waals surface area contributed by atoms with Crippen molar-refractivity contribution in [3.63, 3.8) is 0 Å². The van der Waals surface area contributed by atoms with Crippen LogP contribution in [0.25, 0.3) is 0 Å². The largest absolute Gasteiger partial charge is 0.493 e. The van der Waals surface area contributed by atoms with E-state index in [1.54, 1.807) is 4.90 Å². The zero-order chi connectivity index (χ0) is 19.9. The van der Waals surface area contributed by atoms with E-state index in [0.717, 1.165) is 24.3 Å². The maximum absolute atomic E-state index is 12.1. The second-order valence-electron chi connectivity index (χ2n) is 7.94. The molecule has 2 N–H and O–H groups in total. The lowest BCUT2D eigenvalue weighted by Gasteiger charge is -2.33. The molecule has 0 bridgehead atoms. The van der Waals surface area contributed by atoms with Gasteiger partial charge < -0.3 is 24.8 Å². The summed E-state index contributed by atoms with van der Waals surface area (Å²) in [5.41, 5.74) is 0.423. The zero-order valence-corrected chi connectivity index (χ0v) is 17.2. The Morgan fingerprint density at radius 3 is 2.70 bits per heavy atom. The van der Waals surface area contributed by atoms with E-state index >= 15 is 0 Å². The molecule has 1 atom stereocenters. The SMILES string of the molecule is CC(C)(C)OC(=O)N1CCC(COc2cccc(NCC(O)CCl)c2)CC1. The molecule has 0 saturated carbocycles. The van der Waals surface area contributed by atoms with Crippen molar-refractivity contribution in [1.82, 2.24) is 4.90 Å². The Hall–Kier alpha value is -1.66. The lowest BCUT2D eigenvalue weighted by molar-refractivity contribution is 0.0165. The van der Waals surface area contributed by atoms with E-state index < -0.39 is 11.7 Å². The van der Waals surface area contributed by atoms with Gasteiger partial charge in [0, 0.05) is 31.4 Å². The molecule has 0 radical (unpaired) electrons. The van der Waals surface area contributed by atoms with Crippen LogP contribution in [0, 0.1) is 5.92 Å². The molecule has 1 aliphatic rings. The van der Waals surface area contributed by atoms with Crippen LogP contribution in [-0.2, 0) is 4.74 Å². The monoisotopic (exact) mass is 398 g/mol. The number of amides is 1. The second kappa shape index (κ2) is 10.0. The number of alkyl halides is 1. The van der Waals surface area contributed by atoms with Crippen LogP contribution < -0.4 is 10.1 Å². The third kappa shape index (κ3) is 7.85. The number of carbonyl (C=O) groups excluding carboxylic acids is 1. The summed E-state index contributed by atoms with van der Waals surface area (Å²) in [6, 6.07) is 7.67. The zero-order valence-electron chi connectivity index (χ0n) is 16.4. The first kappa shape index (κ1) is 21.6. The average molecular weight is 399 g/mol. The van der Waals surface area contributed by atoms with Crippen molar-refractivity contribution >= 4 is 23.4 Å². The lowest BCUT2D eigenvalue weighted by atomic mass is 9.98. The predicted octanol–water partition coefficient (Wildman–Crippen LogP) is 3.72. The molecule has 1 heterocycles. The quantitative estimate of drug-likeness (QED) is 0.685. The number of hydrogen-bond acceptors (Lipinski definition) is 5. The molecule has 1 unspecified atom stereocenters. The van der Waals surface area contributed by atoms with Crippen molar-refractivity contribution in [2.75, 3.05) is 37.4 Å². The van der Waals surface area contributed by atoms with Crippen LogP contribution in [0.4, 0.5) is 10.5 Å². The highest BCUT2D eigenvalue weighted by atomic mass is 35.5. The molecule has 1 aromatic carbocycles. The van der Waals surface area contributed by atoms with E-state index in [9.17, 15) is 9.90 Å². The molecule has 7 heteroatoms. The molecule has 1 saturated heterocycles. The van der Waals surface area contributed by atoms with E-state index in [1.165, 1.54) is 0 Å². The van der Waals surface area contributed by atoms with E-state index in [-0.39, 0.29) is 12.0 Å². The number of nitrogens with one attached hydrogen (secondary N) is 1. The summed E-state index contributed by atoms with van der Waals surface area (Å²) >= 11 is 5.60. The van der Waals surface area contributed by atoms with E-state index in [1.807, 2.05) is 45.0 Å². The maximum atomic E-state index is 12.1. The lowest BCUT2D eigenvalue weighted by Crippen LogP contribution is -2.42. The van der Waals surface area contributed by atoms with Crippen molar-refractivity contribution in [3.8, 4) is 5.75 Å². The van der Waals surface area contributed by atoms with Crippen molar-refractivity contribution in [1.29, 1.82) is 0 Å². The smallest absolute Gasteiger partial charge is 0.410 e. The van der Waals surface area contributed by atoms with Gasteiger partial charge in [0.25, 0.3) is 0 Å². The summed E-state index contributed by atoms with van der Waals surface area (Å²) in [5.74, 6) is 1.40. The normalized spacial score (nSPS) is 16.7. The molecule has 0 aliphatic carbocycles. The molecule has 6 nitrogen and oxygen atoms in total. The van der Waals surface area contributed by atoms with Crippen LogP contribution in [0.3, 0.4) is 0 Å². The molecular formula is C20H31ClN2O4. The van der Waals surface area contributed by atoms with Gasteiger partial charge in [-0.3, -0.25) is 0 Å². The Labute approximate surface area is 166 Å². The number of piperidine rings is 1. The first-order valence-corrected chi connectivity index (χ1v) is 9.99. The molecule has 1 aliphatic heterocycles. The number of aliphatic hydroxyl groups is 1. The van der Waals surface area contributed by atoms with Crippen LogP contribution in [0.1, 0.15) is 33.6 Å². The molecule has 0 spiro atoms. The highest BCUT2D eigenvalue weighted by molar-refractivity contribution is 6.18. The Morgan fingerprint density at radius 2 is 2.07 bits per heavy atom. The Morgan fingerprint density at radius 1 is 1.37 bits per heavy atom. The minimum atomic E-state index is -0.577. The number of carbonyl (C=O) groups is 1. The summed E-state index contributed by atoms with van der Waals surface area (Å²) < 4.78 is 11.4. The third-order valence-corrected chi connectivity index (χ3v) is 4.66. The fraction of sp³-hybridized carbons (Fsp3) is 0.650. The van der Waals surface area contributed by atoms with Gasteiger partial charge in [0.15, 0.2) is 0 Å². The summed E-state index contributed by atoms with van der Waals surface area (Å²) in [5, 5.41) is 12.7. The maximum Gasteiger partial charge on any atom is 0.410 e. The van der Waals surface area contributed by atoms with E-state index in [2.05, 4.69) is 5.32 Å². The molecule has 152 valence electrons. The molecule has 0 aromatic heterocycles. The van der Waals surface area contributed by atoms with Gasteiger partial charge in [-0.05, 0) is 51.7 Å². The van der Waals surface area contributed by atoms with Gasteiger partial charge in [-0.25, -0.2) is 4.79 Å². The van der Waals surface area contributed by atoms with Crippen LogP contribution >= 0.6 is 11.6 Å². The van der Waals surface area contributed by atoms with Crippen LogP contribution in [0.2, 0.25) is 0 Å². The Bertz CT molecular complexity index is 598. The topological polar surface area (TPSA) is 71.0 Å². The Kier molecular flexibility index (Phi) is 8.05. The third-order valence-electron chi connectivity index (χ3n) is 4.31. The van der Waals surface area contributed by atoms with E-state index in [4.69, 9.17) is 21.1 Å². The van der Waals surface area contributed by atoms with Crippen molar-refractivity contribution in [2.24, 2.45) is 5.92 Å².